The fourth-order valence-corrected chi connectivity index (χ4v) is 4.19. The molecule has 1 atom stereocenters. The molecule has 1 N–H and O–H groups in total. The number of aliphatic hydroxyl groups is 1. The van der Waals surface area contributed by atoms with E-state index in [-0.39, 0.29) is 23.8 Å². The van der Waals surface area contributed by atoms with Gasteiger partial charge < -0.3 is 14.7 Å². The van der Waals surface area contributed by atoms with E-state index in [2.05, 4.69) is 37.3 Å². The van der Waals surface area contributed by atoms with Crippen LogP contribution in [0.2, 0.25) is 0 Å². The Morgan fingerprint density at radius 3 is 2.56 bits per heavy atom. The first-order valence-electron chi connectivity index (χ1n) is 9.23. The Hall–Kier alpha value is -2.07. The highest BCUT2D eigenvalue weighted by Crippen LogP contribution is 2.39. The number of rotatable bonds is 2. The van der Waals surface area contributed by atoms with Crippen LogP contribution in [0.4, 0.5) is 4.79 Å². The van der Waals surface area contributed by atoms with Crippen LogP contribution in [0.1, 0.15) is 50.6 Å². The monoisotopic (exact) mass is 339 g/mol. The number of carbonyl (C=O) groups is 1. The Labute approximate surface area is 148 Å². The number of aliphatic hydroxyl groups excluding tert-OH is 1. The summed E-state index contributed by atoms with van der Waals surface area (Å²) >= 11 is 0. The first-order valence-corrected chi connectivity index (χ1v) is 9.23. The second kappa shape index (κ2) is 6.34. The first-order chi connectivity index (χ1) is 12.1. The van der Waals surface area contributed by atoms with E-state index in [0.717, 1.165) is 37.7 Å². The lowest BCUT2D eigenvalue weighted by atomic mass is 9.80. The topological polar surface area (TPSA) is 49.8 Å². The lowest BCUT2D eigenvalue weighted by molar-refractivity contribution is -0.0907. The maximum Gasteiger partial charge on any atom is 0.410 e. The summed E-state index contributed by atoms with van der Waals surface area (Å²) in [5.41, 5.74) is 0.779. The van der Waals surface area contributed by atoms with Gasteiger partial charge in [-0.25, -0.2) is 4.79 Å². The average molecular weight is 339 g/mol. The van der Waals surface area contributed by atoms with E-state index >= 15 is 0 Å². The van der Waals surface area contributed by atoms with Gasteiger partial charge in [-0.1, -0.05) is 36.4 Å². The minimum atomic E-state index is -0.351. The minimum Gasteiger partial charge on any atom is -0.443 e. The van der Waals surface area contributed by atoms with E-state index in [9.17, 15) is 9.90 Å². The van der Waals surface area contributed by atoms with Crippen molar-refractivity contribution in [1.29, 1.82) is 0 Å². The molecule has 0 bridgehead atoms. The largest absolute Gasteiger partial charge is 0.443 e. The van der Waals surface area contributed by atoms with Crippen molar-refractivity contribution in [1.82, 2.24) is 4.90 Å². The Balaban J connectivity index is 1.50. The van der Waals surface area contributed by atoms with Gasteiger partial charge in [0, 0.05) is 13.0 Å². The lowest BCUT2D eigenvalue weighted by Crippen LogP contribution is -2.52. The third kappa shape index (κ3) is 3.11. The zero-order valence-corrected chi connectivity index (χ0v) is 14.6. The van der Waals surface area contributed by atoms with Crippen LogP contribution >= 0.6 is 0 Å². The molecular formula is C21H25NO3. The molecule has 1 amide bonds. The molecule has 0 unspecified atom stereocenters. The van der Waals surface area contributed by atoms with E-state index in [4.69, 9.17) is 4.74 Å². The van der Waals surface area contributed by atoms with Crippen molar-refractivity contribution >= 4 is 16.9 Å². The van der Waals surface area contributed by atoms with Crippen LogP contribution in [0.15, 0.2) is 42.5 Å². The standard InChI is InChI=1S/C21H25NO3/c1-15(17-7-6-16-4-2-3-5-18(16)14-17)22-13-12-21(25-20(22)24)10-8-19(23)9-11-21/h2-7,14-15,19,23H,8-13H2,1H3/t15-,19?,21?/m0/s1. The summed E-state index contributed by atoms with van der Waals surface area (Å²) < 4.78 is 5.88. The summed E-state index contributed by atoms with van der Waals surface area (Å²) in [6, 6.07) is 14.6. The van der Waals surface area contributed by atoms with Crippen molar-refractivity contribution < 1.29 is 14.6 Å². The third-order valence-electron chi connectivity index (χ3n) is 5.94. The molecule has 0 radical (unpaired) electrons. The third-order valence-corrected chi connectivity index (χ3v) is 5.94. The highest BCUT2D eigenvalue weighted by molar-refractivity contribution is 5.83. The van der Waals surface area contributed by atoms with Crippen LogP contribution < -0.4 is 0 Å². The maximum atomic E-state index is 12.7. The number of benzene rings is 2. The van der Waals surface area contributed by atoms with Crippen LogP contribution in [-0.2, 0) is 4.74 Å². The predicted molar refractivity (Wildman–Crippen MR) is 97.4 cm³/mol. The van der Waals surface area contributed by atoms with Gasteiger partial charge in [0.25, 0.3) is 0 Å². The van der Waals surface area contributed by atoms with Gasteiger partial charge in [-0.3, -0.25) is 0 Å². The van der Waals surface area contributed by atoms with Gasteiger partial charge in [0.2, 0.25) is 0 Å². The van der Waals surface area contributed by atoms with Crippen LogP contribution in [0.3, 0.4) is 0 Å². The maximum absolute atomic E-state index is 12.7. The normalized spacial score (nSPS) is 28.2. The van der Waals surface area contributed by atoms with Crippen molar-refractivity contribution in [2.75, 3.05) is 6.54 Å². The quantitative estimate of drug-likeness (QED) is 0.881. The molecule has 2 aromatic rings. The molecule has 4 nitrogen and oxygen atoms in total. The fraction of sp³-hybridized carbons (Fsp3) is 0.476. The molecule has 132 valence electrons. The summed E-state index contributed by atoms with van der Waals surface area (Å²) in [5, 5.41) is 12.1. The van der Waals surface area contributed by atoms with Gasteiger partial charge in [-0.15, -0.1) is 0 Å². The van der Waals surface area contributed by atoms with Crippen LogP contribution in [0, 0.1) is 0 Å². The second-order valence-corrected chi connectivity index (χ2v) is 7.51. The summed E-state index contributed by atoms with van der Waals surface area (Å²) in [5.74, 6) is 0. The number of carbonyl (C=O) groups excluding carboxylic acids is 1. The molecule has 1 aliphatic carbocycles. The lowest BCUT2D eigenvalue weighted by Gasteiger charge is -2.45. The fourth-order valence-electron chi connectivity index (χ4n) is 4.19. The highest BCUT2D eigenvalue weighted by atomic mass is 16.6. The molecule has 1 saturated heterocycles. The molecular weight excluding hydrogens is 314 g/mol. The van der Waals surface area contributed by atoms with Crippen molar-refractivity contribution in [2.45, 2.75) is 56.8 Å². The number of ether oxygens (including phenoxy) is 1. The van der Waals surface area contributed by atoms with E-state index in [0.29, 0.717) is 6.54 Å². The molecule has 0 aromatic heterocycles. The Morgan fingerprint density at radius 2 is 1.84 bits per heavy atom. The molecule has 1 aliphatic heterocycles. The summed E-state index contributed by atoms with van der Waals surface area (Å²) in [6.45, 7) is 2.77. The SMILES string of the molecule is C[C@@H](c1ccc2ccccc2c1)N1CCC2(CCC(O)CC2)OC1=O. The van der Waals surface area contributed by atoms with Crippen LogP contribution in [-0.4, -0.2) is 34.3 Å². The van der Waals surface area contributed by atoms with Gasteiger partial charge in [0.1, 0.15) is 5.60 Å². The van der Waals surface area contributed by atoms with Gasteiger partial charge in [-0.05, 0) is 55.0 Å². The smallest absolute Gasteiger partial charge is 0.410 e. The predicted octanol–water partition coefficient (Wildman–Crippen LogP) is 4.42. The highest BCUT2D eigenvalue weighted by Gasteiger charge is 2.44. The van der Waals surface area contributed by atoms with Crippen LogP contribution in [0.25, 0.3) is 10.8 Å². The van der Waals surface area contributed by atoms with E-state index in [1.165, 1.54) is 10.8 Å². The number of hydrogen-bond donors (Lipinski definition) is 1. The Kier molecular flexibility index (Phi) is 4.16. The van der Waals surface area contributed by atoms with E-state index in [1.807, 2.05) is 17.0 Å². The number of nitrogens with zero attached hydrogens (tertiary/aromatic N) is 1. The molecule has 1 heterocycles. The first kappa shape index (κ1) is 16.4. The van der Waals surface area contributed by atoms with Crippen molar-refractivity contribution in [3.05, 3.63) is 48.0 Å². The van der Waals surface area contributed by atoms with E-state index < -0.39 is 0 Å². The molecule has 1 spiro atoms. The van der Waals surface area contributed by atoms with Crippen molar-refractivity contribution in [2.24, 2.45) is 0 Å². The van der Waals surface area contributed by atoms with Gasteiger partial charge >= 0.3 is 6.09 Å². The van der Waals surface area contributed by atoms with Gasteiger partial charge in [-0.2, -0.15) is 0 Å². The number of fused-ring (bicyclic) bond motifs is 1. The molecule has 25 heavy (non-hydrogen) atoms. The zero-order chi connectivity index (χ0) is 17.4. The van der Waals surface area contributed by atoms with Gasteiger partial charge in [0.05, 0.1) is 12.1 Å². The van der Waals surface area contributed by atoms with E-state index in [1.54, 1.807) is 0 Å². The number of amides is 1. The molecule has 4 heteroatoms. The Morgan fingerprint density at radius 1 is 1.12 bits per heavy atom. The summed E-state index contributed by atoms with van der Waals surface area (Å²) in [6.07, 6.45) is 3.41. The molecule has 1 saturated carbocycles. The summed E-state index contributed by atoms with van der Waals surface area (Å²) in [4.78, 5) is 14.5. The van der Waals surface area contributed by atoms with Crippen molar-refractivity contribution in [3.8, 4) is 0 Å². The molecule has 2 fully saturated rings. The van der Waals surface area contributed by atoms with Crippen molar-refractivity contribution in [3.63, 3.8) is 0 Å². The molecule has 4 rings (SSSR count). The molecule has 2 aliphatic rings. The Bertz CT molecular complexity index is 780. The van der Waals surface area contributed by atoms with Gasteiger partial charge in [0.15, 0.2) is 0 Å². The molecule has 2 aromatic carbocycles. The zero-order valence-electron chi connectivity index (χ0n) is 14.6. The minimum absolute atomic E-state index is 0.0105. The number of hydrogen-bond acceptors (Lipinski definition) is 3. The average Bonchev–Trinajstić information content (AvgIpc) is 2.64. The van der Waals surface area contributed by atoms with Crippen LogP contribution in [0.5, 0.6) is 0 Å². The second-order valence-electron chi connectivity index (χ2n) is 7.51. The summed E-state index contributed by atoms with van der Waals surface area (Å²) in [7, 11) is 0.